The van der Waals surface area contributed by atoms with Gasteiger partial charge in [0.15, 0.2) is 0 Å². The lowest BCUT2D eigenvalue weighted by molar-refractivity contribution is 0.196. The third-order valence-corrected chi connectivity index (χ3v) is 4.82. The number of benzene rings is 2. The van der Waals surface area contributed by atoms with E-state index in [1.54, 1.807) is 0 Å². The SMILES string of the molecule is Cc1cccc(C(c2cccc3ccccc23)N2CCNCC2)n1. The van der Waals surface area contributed by atoms with Gasteiger partial charge in [0.1, 0.15) is 0 Å². The van der Waals surface area contributed by atoms with Crippen molar-refractivity contribution >= 4 is 10.8 Å². The van der Waals surface area contributed by atoms with Crippen molar-refractivity contribution in [3.63, 3.8) is 0 Å². The fraction of sp³-hybridized carbons (Fsp3) is 0.286. The van der Waals surface area contributed by atoms with Crippen LogP contribution in [0.3, 0.4) is 0 Å². The number of rotatable bonds is 3. The van der Waals surface area contributed by atoms with E-state index in [4.69, 9.17) is 4.98 Å². The summed E-state index contributed by atoms with van der Waals surface area (Å²) >= 11 is 0. The van der Waals surface area contributed by atoms with Gasteiger partial charge in [0, 0.05) is 31.9 Å². The molecule has 0 spiro atoms. The highest BCUT2D eigenvalue weighted by atomic mass is 15.2. The second-order valence-corrected chi connectivity index (χ2v) is 6.46. The van der Waals surface area contributed by atoms with Gasteiger partial charge in [-0.05, 0) is 35.4 Å². The van der Waals surface area contributed by atoms with Crippen molar-refractivity contribution in [1.29, 1.82) is 0 Å². The monoisotopic (exact) mass is 317 g/mol. The lowest BCUT2D eigenvalue weighted by Crippen LogP contribution is -2.45. The van der Waals surface area contributed by atoms with Crippen molar-refractivity contribution in [2.45, 2.75) is 13.0 Å². The van der Waals surface area contributed by atoms with E-state index in [-0.39, 0.29) is 6.04 Å². The predicted octanol–water partition coefficient (Wildman–Crippen LogP) is 3.54. The number of hydrogen-bond donors (Lipinski definition) is 1. The first kappa shape index (κ1) is 15.3. The van der Waals surface area contributed by atoms with Crippen molar-refractivity contribution in [3.05, 3.63) is 77.6 Å². The number of hydrogen-bond acceptors (Lipinski definition) is 3. The summed E-state index contributed by atoms with van der Waals surface area (Å²) in [4.78, 5) is 7.43. The number of fused-ring (bicyclic) bond motifs is 1. The van der Waals surface area contributed by atoms with Crippen molar-refractivity contribution in [1.82, 2.24) is 15.2 Å². The molecule has 1 N–H and O–H groups in total. The lowest BCUT2D eigenvalue weighted by Gasteiger charge is -2.35. The zero-order valence-corrected chi connectivity index (χ0v) is 14.1. The molecule has 122 valence electrons. The molecule has 1 aromatic heterocycles. The van der Waals surface area contributed by atoms with E-state index in [1.165, 1.54) is 16.3 Å². The third kappa shape index (κ3) is 2.93. The van der Waals surface area contributed by atoms with Crippen LogP contribution in [0.25, 0.3) is 10.8 Å². The summed E-state index contributed by atoms with van der Waals surface area (Å²) in [5.74, 6) is 0. The summed E-state index contributed by atoms with van der Waals surface area (Å²) in [6, 6.07) is 21.9. The molecule has 0 aliphatic carbocycles. The summed E-state index contributed by atoms with van der Waals surface area (Å²) in [6.45, 7) is 6.23. The van der Waals surface area contributed by atoms with Gasteiger partial charge in [-0.1, -0.05) is 48.5 Å². The van der Waals surface area contributed by atoms with E-state index in [0.717, 1.165) is 37.6 Å². The Balaban J connectivity index is 1.88. The van der Waals surface area contributed by atoms with Gasteiger partial charge in [0.2, 0.25) is 0 Å². The molecule has 4 rings (SSSR count). The first-order valence-electron chi connectivity index (χ1n) is 8.69. The summed E-state index contributed by atoms with van der Waals surface area (Å²) < 4.78 is 0. The Morgan fingerprint density at radius 1 is 0.917 bits per heavy atom. The van der Waals surface area contributed by atoms with Crippen molar-refractivity contribution < 1.29 is 0 Å². The molecule has 24 heavy (non-hydrogen) atoms. The number of aromatic nitrogens is 1. The molecule has 1 saturated heterocycles. The van der Waals surface area contributed by atoms with Crippen LogP contribution < -0.4 is 5.32 Å². The molecule has 2 heterocycles. The van der Waals surface area contributed by atoms with E-state index in [1.807, 2.05) is 0 Å². The topological polar surface area (TPSA) is 28.2 Å². The average Bonchev–Trinajstić information content (AvgIpc) is 2.63. The van der Waals surface area contributed by atoms with Crippen LogP contribution in [-0.2, 0) is 0 Å². The molecular formula is C21H23N3. The molecule has 0 bridgehead atoms. The highest BCUT2D eigenvalue weighted by molar-refractivity contribution is 5.86. The second kappa shape index (κ2) is 6.71. The van der Waals surface area contributed by atoms with Gasteiger partial charge in [-0.2, -0.15) is 0 Å². The van der Waals surface area contributed by atoms with E-state index in [2.05, 4.69) is 77.8 Å². The summed E-state index contributed by atoms with van der Waals surface area (Å²) in [5.41, 5.74) is 3.58. The molecule has 1 fully saturated rings. The van der Waals surface area contributed by atoms with E-state index in [9.17, 15) is 0 Å². The standard InChI is InChI=1S/C21H23N3/c1-16-6-4-11-20(23-16)21(24-14-12-22-13-15-24)19-10-5-8-17-7-2-3-9-18(17)19/h2-11,21-22H,12-15H2,1H3. The minimum absolute atomic E-state index is 0.207. The van der Waals surface area contributed by atoms with Gasteiger partial charge >= 0.3 is 0 Å². The molecule has 1 unspecified atom stereocenters. The molecule has 3 heteroatoms. The molecule has 1 atom stereocenters. The van der Waals surface area contributed by atoms with Crippen molar-refractivity contribution in [2.75, 3.05) is 26.2 Å². The zero-order valence-electron chi connectivity index (χ0n) is 14.1. The molecule has 0 saturated carbocycles. The molecule has 0 radical (unpaired) electrons. The Morgan fingerprint density at radius 2 is 1.67 bits per heavy atom. The van der Waals surface area contributed by atoms with Crippen LogP contribution in [0, 0.1) is 6.92 Å². The minimum Gasteiger partial charge on any atom is -0.314 e. The minimum atomic E-state index is 0.207. The van der Waals surface area contributed by atoms with Crippen LogP contribution in [0.4, 0.5) is 0 Å². The Hall–Kier alpha value is -2.23. The highest BCUT2D eigenvalue weighted by Crippen LogP contribution is 2.33. The number of aryl methyl sites for hydroxylation is 1. The number of piperazine rings is 1. The second-order valence-electron chi connectivity index (χ2n) is 6.46. The van der Waals surface area contributed by atoms with Crippen molar-refractivity contribution in [3.8, 4) is 0 Å². The van der Waals surface area contributed by atoms with Gasteiger partial charge in [0.05, 0.1) is 11.7 Å². The first-order valence-corrected chi connectivity index (χ1v) is 8.69. The fourth-order valence-corrected chi connectivity index (χ4v) is 3.69. The smallest absolute Gasteiger partial charge is 0.0783 e. The van der Waals surface area contributed by atoms with Gasteiger partial charge in [-0.3, -0.25) is 9.88 Å². The normalized spacial score (nSPS) is 17.0. The van der Waals surface area contributed by atoms with Gasteiger partial charge < -0.3 is 5.32 Å². The molecule has 3 nitrogen and oxygen atoms in total. The highest BCUT2D eigenvalue weighted by Gasteiger charge is 2.26. The van der Waals surface area contributed by atoms with E-state index < -0.39 is 0 Å². The molecule has 0 amide bonds. The van der Waals surface area contributed by atoms with Crippen LogP contribution in [0.2, 0.25) is 0 Å². The van der Waals surface area contributed by atoms with Gasteiger partial charge in [-0.15, -0.1) is 0 Å². The zero-order chi connectivity index (χ0) is 16.4. The first-order chi connectivity index (χ1) is 11.8. The number of nitrogens with one attached hydrogen (secondary N) is 1. The Labute approximate surface area is 143 Å². The van der Waals surface area contributed by atoms with Crippen LogP contribution in [0.1, 0.15) is 23.0 Å². The molecule has 3 aromatic rings. The van der Waals surface area contributed by atoms with Crippen LogP contribution >= 0.6 is 0 Å². The summed E-state index contributed by atoms with van der Waals surface area (Å²) in [7, 11) is 0. The van der Waals surface area contributed by atoms with Gasteiger partial charge in [-0.25, -0.2) is 0 Å². The molecular weight excluding hydrogens is 294 g/mol. The maximum absolute atomic E-state index is 4.87. The van der Waals surface area contributed by atoms with Crippen LogP contribution in [0.15, 0.2) is 60.7 Å². The third-order valence-electron chi connectivity index (χ3n) is 4.82. The molecule has 1 aliphatic rings. The maximum Gasteiger partial charge on any atom is 0.0783 e. The Bertz CT molecular complexity index is 832. The summed E-state index contributed by atoms with van der Waals surface area (Å²) in [6.07, 6.45) is 0. The lowest BCUT2D eigenvalue weighted by atomic mass is 9.94. The van der Waals surface area contributed by atoms with Crippen molar-refractivity contribution in [2.24, 2.45) is 0 Å². The molecule has 2 aromatic carbocycles. The van der Waals surface area contributed by atoms with Crippen LogP contribution in [-0.4, -0.2) is 36.1 Å². The quantitative estimate of drug-likeness (QED) is 0.801. The number of nitrogens with zero attached hydrogens (tertiary/aromatic N) is 2. The fourth-order valence-electron chi connectivity index (χ4n) is 3.69. The Morgan fingerprint density at radius 3 is 2.50 bits per heavy atom. The predicted molar refractivity (Wildman–Crippen MR) is 99.2 cm³/mol. The molecule has 1 aliphatic heterocycles. The summed E-state index contributed by atoms with van der Waals surface area (Å²) in [5, 5.41) is 6.08. The van der Waals surface area contributed by atoms with E-state index in [0.29, 0.717) is 0 Å². The number of pyridine rings is 1. The largest absolute Gasteiger partial charge is 0.314 e. The Kier molecular flexibility index (Phi) is 4.28. The average molecular weight is 317 g/mol. The van der Waals surface area contributed by atoms with Gasteiger partial charge in [0.25, 0.3) is 0 Å². The van der Waals surface area contributed by atoms with Crippen LogP contribution in [0.5, 0.6) is 0 Å². The van der Waals surface area contributed by atoms with E-state index >= 15 is 0 Å². The maximum atomic E-state index is 4.87.